The molecule has 158 valence electrons. The van der Waals surface area contributed by atoms with Gasteiger partial charge in [0.25, 0.3) is 0 Å². The molecular weight excluding hydrogens is 427 g/mol. The van der Waals surface area contributed by atoms with Gasteiger partial charge < -0.3 is 0 Å². The third-order valence-corrected chi connectivity index (χ3v) is 9.06. The lowest BCUT2D eigenvalue weighted by Gasteiger charge is -2.31. The molecule has 1 aliphatic rings. The number of hydrogen-bond donors (Lipinski definition) is 0. The van der Waals surface area contributed by atoms with Crippen molar-refractivity contribution in [2.45, 2.75) is 34.9 Å². The second-order valence-electron chi connectivity index (χ2n) is 6.91. The zero-order valence-electron chi connectivity index (χ0n) is 15.3. The van der Waals surface area contributed by atoms with Crippen molar-refractivity contribution in [2.75, 3.05) is 13.1 Å². The Morgan fingerprint density at radius 3 is 1.93 bits per heavy atom. The first-order chi connectivity index (χ1) is 13.5. The Morgan fingerprint density at radius 2 is 1.41 bits per heavy atom. The van der Waals surface area contributed by atoms with E-state index in [0.29, 0.717) is 0 Å². The highest BCUT2D eigenvalue weighted by atomic mass is 32.2. The van der Waals surface area contributed by atoms with Gasteiger partial charge in [0.2, 0.25) is 10.0 Å². The van der Waals surface area contributed by atoms with E-state index in [1.165, 1.54) is 16.4 Å². The number of benzene rings is 2. The Morgan fingerprint density at radius 1 is 0.862 bits per heavy atom. The third kappa shape index (κ3) is 4.99. The van der Waals surface area contributed by atoms with Crippen LogP contribution in [0.15, 0.2) is 59.5 Å². The van der Waals surface area contributed by atoms with Crippen LogP contribution >= 0.6 is 0 Å². The maximum Gasteiger partial charge on any atom is 0.416 e. The van der Waals surface area contributed by atoms with Crippen LogP contribution in [-0.4, -0.2) is 39.5 Å². The van der Waals surface area contributed by atoms with Crippen LogP contribution in [0.3, 0.4) is 0 Å². The van der Waals surface area contributed by atoms with Crippen LogP contribution in [0.4, 0.5) is 13.2 Å². The van der Waals surface area contributed by atoms with Gasteiger partial charge in [-0.05, 0) is 42.7 Å². The number of alkyl halides is 3. The van der Waals surface area contributed by atoms with Crippen LogP contribution in [0.1, 0.15) is 24.0 Å². The molecule has 0 N–H and O–H groups in total. The molecule has 0 spiro atoms. The van der Waals surface area contributed by atoms with Gasteiger partial charge in [-0.2, -0.15) is 13.2 Å². The van der Waals surface area contributed by atoms with Gasteiger partial charge in [-0.25, -0.2) is 21.1 Å². The standard InChI is InChI=1S/C19H20F3NO4S2/c20-19(21,22)16-8-6-15(7-9-16)14-28(24,25)23-12-10-18(11-13-23)29(26,27)17-4-2-1-3-5-17/h1-9,18H,10-14H2. The van der Waals surface area contributed by atoms with Gasteiger partial charge in [0, 0.05) is 13.1 Å². The van der Waals surface area contributed by atoms with E-state index in [0.717, 1.165) is 24.3 Å². The van der Waals surface area contributed by atoms with Gasteiger partial charge >= 0.3 is 6.18 Å². The lowest BCUT2D eigenvalue weighted by molar-refractivity contribution is -0.137. The van der Waals surface area contributed by atoms with E-state index in [-0.39, 0.29) is 36.4 Å². The molecule has 1 saturated heterocycles. The predicted octanol–water partition coefficient (Wildman–Crippen LogP) is 3.47. The number of rotatable bonds is 5. The SMILES string of the molecule is O=S(=O)(c1ccccc1)C1CCN(S(=O)(=O)Cc2ccc(C(F)(F)F)cc2)CC1. The molecule has 0 amide bonds. The summed E-state index contributed by atoms with van der Waals surface area (Å²) in [7, 11) is -7.30. The summed E-state index contributed by atoms with van der Waals surface area (Å²) >= 11 is 0. The van der Waals surface area contributed by atoms with Gasteiger partial charge in [0.15, 0.2) is 9.84 Å². The minimum atomic E-state index is -4.48. The zero-order valence-corrected chi connectivity index (χ0v) is 17.0. The maximum atomic E-state index is 12.7. The van der Waals surface area contributed by atoms with E-state index < -0.39 is 42.6 Å². The summed E-state index contributed by atoms with van der Waals surface area (Å²) in [4.78, 5) is 0.214. The van der Waals surface area contributed by atoms with Crippen LogP contribution in [0, 0.1) is 0 Å². The van der Waals surface area contributed by atoms with Crippen LogP contribution in [-0.2, 0) is 31.8 Å². The molecule has 0 atom stereocenters. The van der Waals surface area contributed by atoms with Crippen LogP contribution in [0.25, 0.3) is 0 Å². The van der Waals surface area contributed by atoms with Crippen molar-refractivity contribution in [3.05, 3.63) is 65.7 Å². The van der Waals surface area contributed by atoms with Crippen molar-refractivity contribution in [1.82, 2.24) is 4.31 Å². The molecule has 5 nitrogen and oxygen atoms in total. The van der Waals surface area contributed by atoms with Crippen molar-refractivity contribution < 1.29 is 30.0 Å². The molecule has 0 bridgehead atoms. The summed E-state index contributed by atoms with van der Waals surface area (Å²) in [6.07, 6.45) is -4.14. The lowest BCUT2D eigenvalue weighted by Crippen LogP contribution is -2.42. The molecule has 3 rings (SSSR count). The molecule has 29 heavy (non-hydrogen) atoms. The van der Waals surface area contributed by atoms with Crippen LogP contribution < -0.4 is 0 Å². The largest absolute Gasteiger partial charge is 0.416 e. The molecule has 2 aromatic rings. The summed E-state index contributed by atoms with van der Waals surface area (Å²) in [6.45, 7) is 0.111. The Balaban J connectivity index is 1.65. The van der Waals surface area contributed by atoms with Crippen LogP contribution in [0.2, 0.25) is 0 Å². The normalized spacial score (nSPS) is 17.3. The van der Waals surface area contributed by atoms with Crippen LogP contribution in [0.5, 0.6) is 0 Å². The third-order valence-electron chi connectivity index (χ3n) is 4.94. The number of sulfonamides is 1. The highest BCUT2D eigenvalue weighted by molar-refractivity contribution is 7.92. The maximum absolute atomic E-state index is 12.7. The van der Waals surface area contributed by atoms with Crippen molar-refractivity contribution in [3.63, 3.8) is 0 Å². The highest BCUT2D eigenvalue weighted by Gasteiger charge is 2.35. The molecule has 1 aliphatic heterocycles. The van der Waals surface area contributed by atoms with Gasteiger partial charge in [0.1, 0.15) is 0 Å². The van der Waals surface area contributed by atoms with Gasteiger partial charge in [-0.1, -0.05) is 30.3 Å². The quantitative estimate of drug-likeness (QED) is 0.704. The highest BCUT2D eigenvalue weighted by Crippen LogP contribution is 2.30. The topological polar surface area (TPSA) is 71.5 Å². The number of halogens is 3. The summed E-state index contributed by atoms with van der Waals surface area (Å²) in [5, 5.41) is -0.664. The second kappa shape index (κ2) is 8.08. The molecular formula is C19H20F3NO4S2. The van der Waals surface area contributed by atoms with Gasteiger partial charge in [0.05, 0.1) is 21.5 Å². The van der Waals surface area contributed by atoms with E-state index in [4.69, 9.17) is 0 Å². The number of hydrogen-bond acceptors (Lipinski definition) is 4. The minimum absolute atomic E-state index is 0.0553. The monoisotopic (exact) mass is 447 g/mol. The molecule has 1 heterocycles. The Labute approximate surface area is 168 Å². The number of piperidine rings is 1. The average Bonchev–Trinajstić information content (AvgIpc) is 2.68. The Kier molecular flexibility index (Phi) is 6.07. The molecule has 0 aromatic heterocycles. The van der Waals surface area contributed by atoms with Gasteiger partial charge in [-0.15, -0.1) is 0 Å². The smallest absolute Gasteiger partial charge is 0.223 e. The molecule has 2 aromatic carbocycles. The summed E-state index contributed by atoms with van der Waals surface area (Å²) in [5.74, 6) is -0.429. The fourth-order valence-corrected chi connectivity index (χ4v) is 6.63. The minimum Gasteiger partial charge on any atom is -0.223 e. The molecule has 0 radical (unpaired) electrons. The van der Waals surface area contributed by atoms with E-state index >= 15 is 0 Å². The number of sulfone groups is 1. The van der Waals surface area contributed by atoms with Crippen molar-refractivity contribution in [2.24, 2.45) is 0 Å². The first kappa shape index (κ1) is 21.8. The second-order valence-corrected chi connectivity index (χ2v) is 11.1. The summed E-state index contributed by atoms with van der Waals surface area (Å²) in [5.41, 5.74) is -0.595. The summed E-state index contributed by atoms with van der Waals surface area (Å²) < 4.78 is 89.7. The van der Waals surface area contributed by atoms with Crippen molar-refractivity contribution in [3.8, 4) is 0 Å². The molecule has 0 unspecified atom stereocenters. The van der Waals surface area contributed by atoms with Crippen molar-refractivity contribution in [1.29, 1.82) is 0 Å². The first-order valence-corrected chi connectivity index (χ1v) is 12.1. The van der Waals surface area contributed by atoms with E-state index in [1.54, 1.807) is 18.2 Å². The Hall–Kier alpha value is -1.91. The number of nitrogens with zero attached hydrogens (tertiary/aromatic N) is 1. The molecule has 10 heteroatoms. The molecule has 0 saturated carbocycles. The molecule has 0 aliphatic carbocycles. The van der Waals surface area contributed by atoms with E-state index in [9.17, 15) is 30.0 Å². The fourth-order valence-electron chi connectivity index (χ4n) is 3.32. The van der Waals surface area contributed by atoms with Crippen molar-refractivity contribution >= 4 is 19.9 Å². The summed E-state index contributed by atoms with van der Waals surface area (Å²) in [6, 6.07) is 12.0. The fraction of sp³-hybridized carbons (Fsp3) is 0.368. The lowest BCUT2D eigenvalue weighted by atomic mass is 10.1. The van der Waals surface area contributed by atoms with E-state index in [2.05, 4.69) is 0 Å². The van der Waals surface area contributed by atoms with Gasteiger partial charge in [-0.3, -0.25) is 0 Å². The average molecular weight is 448 g/mol. The van der Waals surface area contributed by atoms with E-state index in [1.807, 2.05) is 0 Å². The Bertz CT molecular complexity index is 1040. The zero-order chi connectivity index (χ0) is 21.3. The predicted molar refractivity (Wildman–Crippen MR) is 102 cm³/mol. The molecule has 1 fully saturated rings. The first-order valence-electron chi connectivity index (χ1n) is 8.93.